The lowest BCUT2D eigenvalue weighted by Crippen LogP contribution is -2.28. The van der Waals surface area contributed by atoms with Crippen LogP contribution in [0.4, 0.5) is 0 Å². The molecule has 5 heteroatoms. The Bertz CT molecular complexity index is 532. The summed E-state index contributed by atoms with van der Waals surface area (Å²) >= 11 is 0. The second kappa shape index (κ2) is 6.41. The highest BCUT2D eigenvalue weighted by Gasteiger charge is 2.33. The summed E-state index contributed by atoms with van der Waals surface area (Å²) in [7, 11) is 1.80. The smallest absolute Gasteiger partial charge is 0.354 e. The molecule has 1 aliphatic heterocycles. The van der Waals surface area contributed by atoms with Gasteiger partial charge in [0.25, 0.3) is 0 Å². The highest BCUT2D eigenvalue weighted by molar-refractivity contribution is 5.85. The molecule has 1 aliphatic carbocycles. The van der Waals surface area contributed by atoms with Gasteiger partial charge in [-0.3, -0.25) is 4.90 Å². The van der Waals surface area contributed by atoms with E-state index in [9.17, 15) is 4.79 Å². The van der Waals surface area contributed by atoms with Gasteiger partial charge in [0, 0.05) is 7.05 Å². The van der Waals surface area contributed by atoms with Crippen LogP contribution < -0.4 is 0 Å². The number of likely N-dealkylation sites (tertiary alicyclic amines) is 1. The predicted molar refractivity (Wildman–Crippen MR) is 84.8 cm³/mol. The summed E-state index contributed by atoms with van der Waals surface area (Å²) in [5.74, 6) is -0.0460. The highest BCUT2D eigenvalue weighted by Crippen LogP contribution is 2.44. The van der Waals surface area contributed by atoms with Crippen molar-refractivity contribution in [3.63, 3.8) is 0 Å². The quantitative estimate of drug-likeness (QED) is 0.932. The van der Waals surface area contributed by atoms with E-state index in [2.05, 4.69) is 9.88 Å². The van der Waals surface area contributed by atoms with Crippen molar-refractivity contribution in [2.45, 2.75) is 57.9 Å². The molecule has 1 aromatic heterocycles. The number of imidazole rings is 1. The van der Waals surface area contributed by atoms with Gasteiger partial charge in [-0.15, -0.1) is 0 Å². The minimum atomic E-state index is -0.904. The minimum Gasteiger partial charge on any atom is -0.477 e. The van der Waals surface area contributed by atoms with Gasteiger partial charge in [-0.1, -0.05) is 19.3 Å². The fourth-order valence-corrected chi connectivity index (χ4v) is 4.26. The maximum Gasteiger partial charge on any atom is 0.354 e. The molecule has 0 radical (unpaired) electrons. The first-order valence-electron chi connectivity index (χ1n) is 8.56. The van der Waals surface area contributed by atoms with Crippen LogP contribution in [0.5, 0.6) is 0 Å². The largest absolute Gasteiger partial charge is 0.477 e. The van der Waals surface area contributed by atoms with E-state index in [1.165, 1.54) is 57.6 Å². The third-order valence-corrected chi connectivity index (χ3v) is 5.72. The van der Waals surface area contributed by atoms with Crippen molar-refractivity contribution in [1.82, 2.24) is 14.5 Å². The molecular weight excluding hydrogens is 278 g/mol. The number of hydrogen-bond donors (Lipinski definition) is 1. The Kier molecular flexibility index (Phi) is 4.52. The predicted octanol–water partition coefficient (Wildman–Crippen LogP) is 3.05. The van der Waals surface area contributed by atoms with E-state index in [0.717, 1.165) is 25.5 Å². The van der Waals surface area contributed by atoms with Crippen LogP contribution in [0.1, 0.15) is 67.7 Å². The first kappa shape index (κ1) is 15.5. The van der Waals surface area contributed by atoms with Crippen molar-refractivity contribution in [2.24, 2.45) is 12.5 Å². The van der Waals surface area contributed by atoms with Crippen LogP contribution >= 0.6 is 0 Å². The summed E-state index contributed by atoms with van der Waals surface area (Å²) in [4.78, 5) is 17.9. The molecule has 2 aliphatic rings. The zero-order chi connectivity index (χ0) is 15.6. The zero-order valence-corrected chi connectivity index (χ0v) is 13.6. The first-order valence-corrected chi connectivity index (χ1v) is 8.56. The normalized spacial score (nSPS) is 22.6. The van der Waals surface area contributed by atoms with Gasteiger partial charge < -0.3 is 9.67 Å². The maximum atomic E-state index is 11.1. The SMILES string of the molecule is Cn1c(C(=O)O)cnc1CN1CCCC2(CCCCC2)CC1. The van der Waals surface area contributed by atoms with Crippen LogP contribution in [0.15, 0.2) is 6.20 Å². The first-order chi connectivity index (χ1) is 10.6. The number of aromatic carboxylic acids is 1. The molecule has 1 spiro atoms. The average molecular weight is 305 g/mol. The van der Waals surface area contributed by atoms with Gasteiger partial charge in [0.2, 0.25) is 0 Å². The Balaban J connectivity index is 1.63. The van der Waals surface area contributed by atoms with Crippen LogP contribution in [-0.4, -0.2) is 38.6 Å². The van der Waals surface area contributed by atoms with Crippen molar-refractivity contribution in [3.8, 4) is 0 Å². The van der Waals surface area contributed by atoms with Crippen molar-refractivity contribution < 1.29 is 9.90 Å². The lowest BCUT2D eigenvalue weighted by atomic mass is 9.69. The molecule has 1 saturated heterocycles. The number of carboxylic acids is 1. The van der Waals surface area contributed by atoms with Gasteiger partial charge in [-0.2, -0.15) is 0 Å². The molecule has 2 heterocycles. The van der Waals surface area contributed by atoms with E-state index >= 15 is 0 Å². The van der Waals surface area contributed by atoms with Gasteiger partial charge in [-0.25, -0.2) is 9.78 Å². The standard InChI is InChI=1S/C17H27N3O2/c1-19-14(16(21)22)12-18-15(19)13-20-10-5-8-17(9-11-20)6-3-2-4-7-17/h12H,2-11,13H2,1H3,(H,21,22). The lowest BCUT2D eigenvalue weighted by Gasteiger charge is -2.36. The van der Waals surface area contributed by atoms with Gasteiger partial charge in [0.15, 0.2) is 0 Å². The zero-order valence-electron chi connectivity index (χ0n) is 13.6. The van der Waals surface area contributed by atoms with Crippen molar-refractivity contribution in [1.29, 1.82) is 0 Å². The molecular formula is C17H27N3O2. The maximum absolute atomic E-state index is 11.1. The molecule has 0 aromatic carbocycles. The number of nitrogens with zero attached hydrogens (tertiary/aromatic N) is 3. The van der Waals surface area contributed by atoms with Crippen molar-refractivity contribution in [2.75, 3.05) is 13.1 Å². The number of rotatable bonds is 3. The number of aromatic nitrogens is 2. The van der Waals surface area contributed by atoms with E-state index in [1.807, 2.05) is 0 Å². The highest BCUT2D eigenvalue weighted by atomic mass is 16.4. The van der Waals surface area contributed by atoms with Gasteiger partial charge in [-0.05, 0) is 50.6 Å². The van der Waals surface area contributed by atoms with Gasteiger partial charge in [0.1, 0.15) is 11.5 Å². The molecule has 0 bridgehead atoms. The fourth-order valence-electron chi connectivity index (χ4n) is 4.26. The molecule has 0 unspecified atom stereocenters. The molecule has 122 valence electrons. The Morgan fingerprint density at radius 3 is 2.59 bits per heavy atom. The molecule has 1 N–H and O–H groups in total. The summed E-state index contributed by atoms with van der Waals surface area (Å²) in [6, 6.07) is 0. The molecule has 0 atom stereocenters. The topological polar surface area (TPSA) is 58.4 Å². The van der Waals surface area contributed by atoms with E-state index in [-0.39, 0.29) is 5.69 Å². The summed E-state index contributed by atoms with van der Waals surface area (Å²) in [5.41, 5.74) is 0.870. The third kappa shape index (κ3) is 3.19. The molecule has 2 fully saturated rings. The number of carboxylic acid groups (broad SMARTS) is 1. The lowest BCUT2D eigenvalue weighted by molar-refractivity contribution is 0.0686. The number of hydrogen-bond acceptors (Lipinski definition) is 3. The van der Waals surface area contributed by atoms with Crippen LogP contribution in [-0.2, 0) is 13.6 Å². The molecule has 0 amide bonds. The van der Waals surface area contributed by atoms with E-state index in [4.69, 9.17) is 5.11 Å². The summed E-state index contributed by atoms with van der Waals surface area (Å²) in [6.45, 7) is 2.99. The second-order valence-corrected chi connectivity index (χ2v) is 7.11. The van der Waals surface area contributed by atoms with Crippen LogP contribution in [0.25, 0.3) is 0 Å². The molecule has 1 saturated carbocycles. The average Bonchev–Trinajstić information content (AvgIpc) is 2.75. The number of carbonyl (C=O) groups is 1. The van der Waals surface area contributed by atoms with Gasteiger partial charge >= 0.3 is 5.97 Å². The van der Waals surface area contributed by atoms with Crippen LogP contribution in [0.3, 0.4) is 0 Å². The Morgan fingerprint density at radius 2 is 1.91 bits per heavy atom. The summed E-state index contributed by atoms with van der Waals surface area (Å²) in [5, 5.41) is 9.12. The van der Waals surface area contributed by atoms with E-state index < -0.39 is 5.97 Å². The van der Waals surface area contributed by atoms with E-state index in [1.54, 1.807) is 11.6 Å². The fraction of sp³-hybridized carbons (Fsp3) is 0.765. The molecule has 22 heavy (non-hydrogen) atoms. The van der Waals surface area contributed by atoms with Crippen molar-refractivity contribution in [3.05, 3.63) is 17.7 Å². The second-order valence-electron chi connectivity index (χ2n) is 7.11. The van der Waals surface area contributed by atoms with Crippen LogP contribution in [0.2, 0.25) is 0 Å². The Hall–Kier alpha value is -1.36. The summed E-state index contributed by atoms with van der Waals surface area (Å²) < 4.78 is 1.71. The Labute approximate surface area is 132 Å². The molecule has 1 aromatic rings. The molecule has 5 nitrogen and oxygen atoms in total. The van der Waals surface area contributed by atoms with Crippen molar-refractivity contribution >= 4 is 5.97 Å². The monoisotopic (exact) mass is 305 g/mol. The molecule has 3 rings (SSSR count). The van der Waals surface area contributed by atoms with Crippen LogP contribution in [0, 0.1) is 5.41 Å². The minimum absolute atomic E-state index is 0.272. The summed E-state index contributed by atoms with van der Waals surface area (Å²) in [6.07, 6.45) is 12.4. The third-order valence-electron chi connectivity index (χ3n) is 5.72. The van der Waals surface area contributed by atoms with Gasteiger partial charge in [0.05, 0.1) is 12.7 Å². The van der Waals surface area contributed by atoms with E-state index in [0.29, 0.717) is 5.41 Å². The Morgan fingerprint density at radius 1 is 1.18 bits per heavy atom.